The van der Waals surface area contributed by atoms with Gasteiger partial charge in [-0.05, 0) is 32.4 Å². The van der Waals surface area contributed by atoms with Gasteiger partial charge in [-0.3, -0.25) is 4.79 Å². The molecule has 1 atom stereocenters. The standard InChI is InChI=1S/C9H19N3O/c1-7(2)9(13)12-6-8(5-11)3-4-10/h8H,1,3-6,10-11H2,2H3,(H,12,13). The Bertz CT molecular complexity index is 180. The van der Waals surface area contributed by atoms with Gasteiger partial charge in [-0.1, -0.05) is 6.58 Å². The maximum absolute atomic E-state index is 11.1. The van der Waals surface area contributed by atoms with Crippen molar-refractivity contribution in [1.29, 1.82) is 0 Å². The Labute approximate surface area is 79.4 Å². The highest BCUT2D eigenvalue weighted by Gasteiger charge is 2.07. The van der Waals surface area contributed by atoms with Crippen molar-refractivity contribution in [3.05, 3.63) is 12.2 Å². The number of nitrogens with two attached hydrogens (primary N) is 2. The van der Waals surface area contributed by atoms with E-state index in [1.54, 1.807) is 6.92 Å². The highest BCUT2D eigenvalue weighted by molar-refractivity contribution is 5.92. The molecule has 0 aliphatic rings. The van der Waals surface area contributed by atoms with Crippen LogP contribution in [0.2, 0.25) is 0 Å². The summed E-state index contributed by atoms with van der Waals surface area (Å²) < 4.78 is 0. The van der Waals surface area contributed by atoms with Crippen LogP contribution in [-0.2, 0) is 4.79 Å². The fourth-order valence-electron chi connectivity index (χ4n) is 0.927. The van der Waals surface area contributed by atoms with Gasteiger partial charge in [0.1, 0.15) is 0 Å². The number of rotatable bonds is 6. The minimum absolute atomic E-state index is 0.115. The van der Waals surface area contributed by atoms with Crippen LogP contribution in [-0.4, -0.2) is 25.5 Å². The lowest BCUT2D eigenvalue weighted by atomic mass is 10.1. The summed E-state index contributed by atoms with van der Waals surface area (Å²) in [7, 11) is 0. The maximum Gasteiger partial charge on any atom is 0.246 e. The second-order valence-corrected chi connectivity index (χ2v) is 3.17. The molecule has 0 aromatic carbocycles. The van der Waals surface area contributed by atoms with Gasteiger partial charge >= 0.3 is 0 Å². The van der Waals surface area contributed by atoms with Crippen molar-refractivity contribution in [2.45, 2.75) is 13.3 Å². The first-order valence-corrected chi connectivity index (χ1v) is 4.45. The molecule has 0 bridgehead atoms. The molecule has 0 spiro atoms. The van der Waals surface area contributed by atoms with E-state index in [4.69, 9.17) is 11.5 Å². The van der Waals surface area contributed by atoms with Crippen LogP contribution >= 0.6 is 0 Å². The molecule has 4 heteroatoms. The molecular weight excluding hydrogens is 166 g/mol. The third-order valence-electron chi connectivity index (χ3n) is 1.85. The molecule has 5 N–H and O–H groups in total. The summed E-state index contributed by atoms with van der Waals surface area (Å²) in [5, 5.41) is 2.74. The molecule has 1 unspecified atom stereocenters. The lowest BCUT2D eigenvalue weighted by molar-refractivity contribution is -0.117. The van der Waals surface area contributed by atoms with E-state index in [2.05, 4.69) is 11.9 Å². The Balaban J connectivity index is 3.71. The molecule has 0 fully saturated rings. The summed E-state index contributed by atoms with van der Waals surface area (Å²) in [5.74, 6) is 0.156. The molecule has 4 nitrogen and oxygen atoms in total. The Kier molecular flexibility index (Phi) is 6.18. The number of carbonyl (C=O) groups excluding carboxylic acids is 1. The van der Waals surface area contributed by atoms with Crippen LogP contribution in [0.5, 0.6) is 0 Å². The summed E-state index contributed by atoms with van der Waals surface area (Å²) in [6, 6.07) is 0. The lowest BCUT2D eigenvalue weighted by Gasteiger charge is -2.14. The summed E-state index contributed by atoms with van der Waals surface area (Å²) in [5.41, 5.74) is 11.4. The van der Waals surface area contributed by atoms with Gasteiger partial charge in [0.15, 0.2) is 0 Å². The van der Waals surface area contributed by atoms with Gasteiger partial charge < -0.3 is 16.8 Å². The predicted octanol–water partition coefficient (Wildman–Crippen LogP) is -0.398. The SMILES string of the molecule is C=C(C)C(=O)NCC(CN)CCN. The highest BCUT2D eigenvalue weighted by Crippen LogP contribution is 1.97. The number of amides is 1. The van der Waals surface area contributed by atoms with E-state index >= 15 is 0 Å². The van der Waals surface area contributed by atoms with Crippen LogP contribution < -0.4 is 16.8 Å². The second-order valence-electron chi connectivity index (χ2n) is 3.17. The third-order valence-corrected chi connectivity index (χ3v) is 1.85. The van der Waals surface area contributed by atoms with Gasteiger partial charge in [0.2, 0.25) is 5.91 Å². The van der Waals surface area contributed by atoms with E-state index in [-0.39, 0.29) is 11.8 Å². The van der Waals surface area contributed by atoms with Crippen molar-refractivity contribution >= 4 is 5.91 Å². The third kappa shape index (κ3) is 5.38. The van der Waals surface area contributed by atoms with Crippen LogP contribution in [0.1, 0.15) is 13.3 Å². The van der Waals surface area contributed by atoms with Crippen molar-refractivity contribution in [3.63, 3.8) is 0 Å². The first-order valence-electron chi connectivity index (χ1n) is 4.45. The molecule has 1 amide bonds. The molecule has 0 rings (SSSR count). The zero-order valence-corrected chi connectivity index (χ0v) is 8.18. The number of hydrogen-bond acceptors (Lipinski definition) is 3. The quantitative estimate of drug-likeness (QED) is 0.493. The zero-order valence-electron chi connectivity index (χ0n) is 8.18. The largest absolute Gasteiger partial charge is 0.352 e. The van der Waals surface area contributed by atoms with Gasteiger partial charge in [-0.2, -0.15) is 0 Å². The van der Waals surface area contributed by atoms with Crippen LogP contribution in [0, 0.1) is 5.92 Å². The maximum atomic E-state index is 11.1. The fraction of sp³-hybridized carbons (Fsp3) is 0.667. The average Bonchev–Trinajstić information content (AvgIpc) is 2.11. The molecule has 76 valence electrons. The molecular formula is C9H19N3O. The summed E-state index contributed by atoms with van der Waals surface area (Å²) in [4.78, 5) is 11.1. The van der Waals surface area contributed by atoms with Crippen molar-refractivity contribution in [2.24, 2.45) is 17.4 Å². The van der Waals surface area contributed by atoms with E-state index in [1.165, 1.54) is 0 Å². The highest BCUT2D eigenvalue weighted by atomic mass is 16.1. The summed E-state index contributed by atoms with van der Waals surface area (Å²) in [6.45, 7) is 6.95. The number of hydrogen-bond donors (Lipinski definition) is 3. The van der Waals surface area contributed by atoms with Crippen molar-refractivity contribution in [3.8, 4) is 0 Å². The minimum Gasteiger partial charge on any atom is -0.352 e. The van der Waals surface area contributed by atoms with E-state index in [0.717, 1.165) is 6.42 Å². The van der Waals surface area contributed by atoms with Crippen LogP contribution in [0.3, 0.4) is 0 Å². The molecule has 0 saturated carbocycles. The van der Waals surface area contributed by atoms with Crippen LogP contribution in [0.25, 0.3) is 0 Å². The first kappa shape index (κ1) is 12.1. The topological polar surface area (TPSA) is 81.1 Å². The second kappa shape index (κ2) is 6.62. The molecule has 0 radical (unpaired) electrons. The fourth-order valence-corrected chi connectivity index (χ4v) is 0.927. The van der Waals surface area contributed by atoms with Crippen LogP contribution in [0.15, 0.2) is 12.2 Å². The molecule has 0 aromatic rings. The summed E-state index contributed by atoms with van der Waals surface area (Å²) in [6.07, 6.45) is 0.840. The van der Waals surface area contributed by atoms with E-state index in [0.29, 0.717) is 25.2 Å². The predicted molar refractivity (Wildman–Crippen MR) is 54.0 cm³/mol. The summed E-state index contributed by atoms with van der Waals surface area (Å²) >= 11 is 0. The molecule has 0 saturated heterocycles. The van der Waals surface area contributed by atoms with Gasteiger partial charge in [-0.15, -0.1) is 0 Å². The number of nitrogens with one attached hydrogen (secondary N) is 1. The number of carbonyl (C=O) groups is 1. The molecule has 13 heavy (non-hydrogen) atoms. The van der Waals surface area contributed by atoms with Crippen molar-refractivity contribution in [2.75, 3.05) is 19.6 Å². The lowest BCUT2D eigenvalue weighted by Crippen LogP contribution is -2.33. The van der Waals surface area contributed by atoms with Crippen molar-refractivity contribution < 1.29 is 4.79 Å². The Morgan fingerprint density at radius 2 is 2.15 bits per heavy atom. The van der Waals surface area contributed by atoms with E-state index in [9.17, 15) is 4.79 Å². The van der Waals surface area contributed by atoms with Gasteiger partial charge in [0, 0.05) is 12.1 Å². The smallest absolute Gasteiger partial charge is 0.246 e. The van der Waals surface area contributed by atoms with Gasteiger partial charge in [0.05, 0.1) is 0 Å². The Morgan fingerprint density at radius 1 is 1.54 bits per heavy atom. The Morgan fingerprint density at radius 3 is 2.54 bits per heavy atom. The minimum atomic E-state index is -0.115. The van der Waals surface area contributed by atoms with Gasteiger partial charge in [0.25, 0.3) is 0 Å². The van der Waals surface area contributed by atoms with Crippen molar-refractivity contribution in [1.82, 2.24) is 5.32 Å². The zero-order chi connectivity index (χ0) is 10.3. The molecule has 0 heterocycles. The normalized spacial score (nSPS) is 12.2. The molecule has 0 aliphatic heterocycles. The monoisotopic (exact) mass is 185 g/mol. The average molecular weight is 185 g/mol. The van der Waals surface area contributed by atoms with E-state index < -0.39 is 0 Å². The molecule has 0 aromatic heterocycles. The molecule has 0 aliphatic carbocycles. The first-order chi connectivity index (χ1) is 6.11. The Hall–Kier alpha value is -0.870. The van der Waals surface area contributed by atoms with E-state index in [1.807, 2.05) is 0 Å². The van der Waals surface area contributed by atoms with Crippen LogP contribution in [0.4, 0.5) is 0 Å². The van der Waals surface area contributed by atoms with Gasteiger partial charge in [-0.25, -0.2) is 0 Å².